The molecular weight excluding hydrogens is 482 g/mol. The smallest absolute Gasteiger partial charge is 0.300 e. The van der Waals surface area contributed by atoms with E-state index in [2.05, 4.69) is 20.4 Å². The van der Waals surface area contributed by atoms with Gasteiger partial charge in [-0.25, -0.2) is 4.98 Å². The molecule has 12 heteroatoms. The van der Waals surface area contributed by atoms with Gasteiger partial charge in [-0.2, -0.15) is 8.42 Å². The van der Waals surface area contributed by atoms with Crippen LogP contribution in [0.4, 0.5) is 5.69 Å². The van der Waals surface area contributed by atoms with E-state index < -0.39 is 10.0 Å². The van der Waals surface area contributed by atoms with Gasteiger partial charge in [-0.1, -0.05) is 24.3 Å². The molecule has 0 spiro atoms. The lowest BCUT2D eigenvalue weighted by atomic mass is 10.1. The predicted octanol–water partition coefficient (Wildman–Crippen LogP) is 2.39. The van der Waals surface area contributed by atoms with Crippen LogP contribution in [0.5, 0.6) is 5.75 Å². The van der Waals surface area contributed by atoms with Crippen molar-refractivity contribution < 1.29 is 13.2 Å². The predicted molar refractivity (Wildman–Crippen MR) is 132 cm³/mol. The van der Waals surface area contributed by atoms with Crippen LogP contribution in [0.2, 0.25) is 0 Å². The van der Waals surface area contributed by atoms with Crippen LogP contribution >= 0.6 is 0 Å². The van der Waals surface area contributed by atoms with E-state index in [1.54, 1.807) is 29.7 Å². The Hall–Kier alpha value is -4.58. The number of aromatic nitrogens is 6. The molecule has 36 heavy (non-hydrogen) atoms. The van der Waals surface area contributed by atoms with Gasteiger partial charge in [0.25, 0.3) is 5.56 Å². The van der Waals surface area contributed by atoms with Gasteiger partial charge in [0.2, 0.25) is 5.82 Å². The first kappa shape index (κ1) is 23.2. The number of fused-ring (bicyclic) bond motifs is 1. The fourth-order valence-electron chi connectivity index (χ4n) is 3.77. The van der Waals surface area contributed by atoms with Crippen molar-refractivity contribution in [3.8, 4) is 11.4 Å². The molecule has 2 heterocycles. The molecule has 0 saturated heterocycles. The Morgan fingerprint density at radius 2 is 1.72 bits per heavy atom. The number of hydrogen-bond acceptors (Lipinski definition) is 9. The highest BCUT2D eigenvalue weighted by Crippen LogP contribution is 2.24. The van der Waals surface area contributed by atoms with E-state index in [1.807, 2.05) is 31.2 Å². The van der Waals surface area contributed by atoms with Crippen LogP contribution in [0.1, 0.15) is 17.2 Å². The van der Waals surface area contributed by atoms with Crippen molar-refractivity contribution in [2.45, 2.75) is 25.3 Å². The van der Waals surface area contributed by atoms with Crippen molar-refractivity contribution in [3.05, 3.63) is 94.3 Å². The summed E-state index contributed by atoms with van der Waals surface area (Å²) in [4.78, 5) is 18.0. The highest BCUT2D eigenvalue weighted by molar-refractivity contribution is 7.89. The maximum atomic E-state index is 13.4. The fraction of sp³-hybridized carbons (Fsp3) is 0.125. The van der Waals surface area contributed by atoms with Gasteiger partial charge in [0.05, 0.1) is 16.0 Å². The SMILES string of the molecule is Cc1ccccc1-n1c(C)nc2c(OCc3nnn(S(=O)(=O)c4ccc(N)cc4)n3)cccc2c1=O. The maximum Gasteiger partial charge on any atom is 0.300 e. The van der Waals surface area contributed by atoms with Crippen molar-refractivity contribution >= 4 is 26.6 Å². The molecule has 11 nitrogen and oxygen atoms in total. The molecule has 0 aliphatic carbocycles. The Morgan fingerprint density at radius 1 is 0.972 bits per heavy atom. The summed E-state index contributed by atoms with van der Waals surface area (Å²) in [5.74, 6) is 0.870. The maximum absolute atomic E-state index is 13.4. The van der Waals surface area contributed by atoms with Crippen LogP contribution in [0, 0.1) is 13.8 Å². The first-order chi connectivity index (χ1) is 17.3. The highest BCUT2D eigenvalue weighted by Gasteiger charge is 2.21. The van der Waals surface area contributed by atoms with E-state index in [9.17, 15) is 13.2 Å². The van der Waals surface area contributed by atoms with E-state index in [0.717, 1.165) is 11.3 Å². The number of rotatable bonds is 6. The molecule has 182 valence electrons. The summed E-state index contributed by atoms with van der Waals surface area (Å²) >= 11 is 0. The number of aryl methyl sites for hydroxylation is 2. The quantitative estimate of drug-likeness (QED) is 0.345. The number of nitrogen functional groups attached to an aromatic ring is 1. The van der Waals surface area contributed by atoms with Gasteiger partial charge >= 0.3 is 10.0 Å². The lowest BCUT2D eigenvalue weighted by Gasteiger charge is -2.14. The number of para-hydroxylation sites is 2. The third kappa shape index (κ3) is 4.07. The van der Waals surface area contributed by atoms with Crippen molar-refractivity contribution in [3.63, 3.8) is 0 Å². The monoisotopic (exact) mass is 503 g/mol. The number of nitrogens with zero attached hydrogens (tertiary/aromatic N) is 6. The van der Waals surface area contributed by atoms with Crippen LogP contribution < -0.4 is 16.0 Å². The molecular formula is C24H21N7O4S. The Kier molecular flexibility index (Phi) is 5.72. The zero-order valence-corrected chi connectivity index (χ0v) is 20.2. The molecule has 0 unspecified atom stereocenters. The van der Waals surface area contributed by atoms with E-state index in [4.69, 9.17) is 10.5 Å². The van der Waals surface area contributed by atoms with Gasteiger partial charge in [-0.05, 0) is 71.3 Å². The molecule has 0 radical (unpaired) electrons. The third-order valence-electron chi connectivity index (χ3n) is 5.57. The average Bonchev–Trinajstić information content (AvgIpc) is 3.34. The molecule has 0 aliphatic rings. The van der Waals surface area contributed by atoms with Crippen LogP contribution in [-0.4, -0.2) is 37.6 Å². The minimum atomic E-state index is -4.03. The highest BCUT2D eigenvalue weighted by atomic mass is 32.2. The lowest BCUT2D eigenvalue weighted by molar-refractivity contribution is 0.298. The van der Waals surface area contributed by atoms with Gasteiger partial charge in [-0.15, -0.1) is 10.2 Å². The van der Waals surface area contributed by atoms with Crippen molar-refractivity contribution in [1.29, 1.82) is 0 Å². The summed E-state index contributed by atoms with van der Waals surface area (Å²) < 4.78 is 33.4. The standard InChI is InChI=1S/C24H21N7O4S/c1-15-6-3-4-8-20(15)30-16(2)26-23-19(24(30)32)7-5-9-21(23)35-14-22-27-29-31(28-22)36(33,34)18-12-10-17(25)11-13-18/h3-13H,14,25H2,1-2H3. The van der Waals surface area contributed by atoms with Crippen LogP contribution in [0.25, 0.3) is 16.6 Å². The van der Waals surface area contributed by atoms with E-state index in [-0.39, 0.29) is 22.9 Å². The average molecular weight is 504 g/mol. The molecule has 5 rings (SSSR count). The minimum Gasteiger partial charge on any atom is -0.483 e. The molecule has 0 aliphatic heterocycles. The second-order valence-electron chi connectivity index (χ2n) is 8.03. The molecule has 2 aromatic heterocycles. The van der Waals surface area contributed by atoms with Gasteiger partial charge in [0, 0.05) is 5.69 Å². The Labute approximate surface area is 205 Å². The summed E-state index contributed by atoms with van der Waals surface area (Å²) in [7, 11) is -4.03. The Morgan fingerprint density at radius 3 is 2.47 bits per heavy atom. The summed E-state index contributed by atoms with van der Waals surface area (Å²) in [6.45, 7) is 3.50. The van der Waals surface area contributed by atoms with Crippen LogP contribution in [0.3, 0.4) is 0 Å². The zero-order chi connectivity index (χ0) is 25.4. The van der Waals surface area contributed by atoms with Gasteiger partial charge in [0.1, 0.15) is 17.1 Å². The largest absolute Gasteiger partial charge is 0.483 e. The zero-order valence-electron chi connectivity index (χ0n) is 19.4. The Balaban J connectivity index is 1.44. The lowest BCUT2D eigenvalue weighted by Crippen LogP contribution is -2.23. The van der Waals surface area contributed by atoms with Crippen molar-refractivity contribution in [1.82, 2.24) is 29.2 Å². The third-order valence-corrected chi connectivity index (χ3v) is 7.03. The number of anilines is 1. The molecule has 0 saturated carbocycles. The van der Waals surface area contributed by atoms with Gasteiger partial charge in [0.15, 0.2) is 6.61 Å². The van der Waals surface area contributed by atoms with E-state index in [1.165, 1.54) is 24.3 Å². The summed E-state index contributed by atoms with van der Waals surface area (Å²) in [5.41, 5.74) is 7.90. The van der Waals surface area contributed by atoms with Gasteiger partial charge in [-0.3, -0.25) is 9.36 Å². The fourth-order valence-corrected chi connectivity index (χ4v) is 4.77. The van der Waals surface area contributed by atoms with E-state index in [0.29, 0.717) is 32.4 Å². The van der Waals surface area contributed by atoms with Gasteiger partial charge < -0.3 is 10.5 Å². The van der Waals surface area contributed by atoms with Crippen molar-refractivity contribution in [2.24, 2.45) is 0 Å². The summed E-state index contributed by atoms with van der Waals surface area (Å²) in [6.07, 6.45) is 0. The van der Waals surface area contributed by atoms with E-state index >= 15 is 0 Å². The number of benzene rings is 3. The molecule has 0 fully saturated rings. The number of nitrogens with two attached hydrogens (primary N) is 1. The minimum absolute atomic E-state index is 0.0276. The topological polar surface area (TPSA) is 148 Å². The molecule has 0 amide bonds. The number of ether oxygens (including phenoxy) is 1. The number of hydrogen-bond donors (Lipinski definition) is 1. The second kappa shape index (κ2) is 8.89. The van der Waals surface area contributed by atoms with Crippen molar-refractivity contribution in [2.75, 3.05) is 5.73 Å². The summed E-state index contributed by atoms with van der Waals surface area (Å²) in [5, 5.41) is 11.8. The second-order valence-corrected chi connectivity index (χ2v) is 9.78. The first-order valence-electron chi connectivity index (χ1n) is 10.9. The van der Waals surface area contributed by atoms with Crippen LogP contribution in [0.15, 0.2) is 76.4 Å². The molecule has 2 N–H and O–H groups in total. The molecule has 3 aromatic carbocycles. The molecule has 0 bridgehead atoms. The van der Waals surface area contributed by atoms with Crippen LogP contribution in [-0.2, 0) is 16.6 Å². The summed E-state index contributed by atoms with van der Waals surface area (Å²) in [6, 6.07) is 18.3. The Bertz CT molecular complexity index is 1760. The first-order valence-corrected chi connectivity index (χ1v) is 12.3. The molecule has 5 aromatic rings. The number of tetrazole rings is 1. The molecule has 0 atom stereocenters. The normalized spacial score (nSPS) is 11.6.